The predicted molar refractivity (Wildman–Crippen MR) is 49.5 cm³/mol. The topological polar surface area (TPSA) is 41.1 Å². The summed E-state index contributed by atoms with van der Waals surface area (Å²) >= 11 is 0. The lowest BCUT2D eigenvalue weighted by Gasteiger charge is -2.19. The number of hydrogen-bond donors (Lipinski definition) is 2. The number of carbonyl (C=O) groups is 1. The molecule has 1 aliphatic rings. The second-order valence-corrected chi connectivity index (χ2v) is 3.92. The molecule has 1 amide bonds. The molecule has 2 unspecified atom stereocenters. The highest BCUT2D eigenvalue weighted by Gasteiger charge is 2.41. The molecular weight excluding hydrogens is 228 g/mol. The molecule has 16 heavy (non-hydrogen) atoms. The van der Waals surface area contributed by atoms with Crippen LogP contribution in [0, 0.1) is 5.92 Å². The van der Waals surface area contributed by atoms with E-state index in [1.807, 2.05) is 5.32 Å². The summed E-state index contributed by atoms with van der Waals surface area (Å²) in [6, 6.07) is -0.111. The maximum atomic E-state index is 12.5. The molecule has 0 aromatic carbocycles. The molecule has 0 spiro atoms. The maximum absolute atomic E-state index is 12.5. The van der Waals surface area contributed by atoms with Gasteiger partial charge in [0.2, 0.25) is 5.91 Å². The largest absolute Gasteiger partial charge is 0.350 e. The molecule has 2 atom stereocenters. The van der Waals surface area contributed by atoms with Gasteiger partial charge in [0, 0.05) is 6.04 Å². The van der Waals surface area contributed by atoms with E-state index in [0.717, 1.165) is 0 Å². The Hall–Kier alpha value is -0.850. The van der Waals surface area contributed by atoms with E-state index < -0.39 is 30.7 Å². The quantitative estimate of drug-likeness (QED) is 0.722. The molecule has 0 radical (unpaired) electrons. The van der Waals surface area contributed by atoms with Crippen molar-refractivity contribution in [2.75, 3.05) is 13.1 Å². The minimum Gasteiger partial charge on any atom is -0.350 e. The van der Waals surface area contributed by atoms with Gasteiger partial charge in [-0.05, 0) is 19.9 Å². The molecule has 0 saturated carbocycles. The zero-order valence-electron chi connectivity index (χ0n) is 8.77. The number of halogens is 4. The van der Waals surface area contributed by atoms with Crippen molar-refractivity contribution in [3.63, 3.8) is 0 Å². The van der Waals surface area contributed by atoms with Crippen molar-refractivity contribution >= 4 is 5.91 Å². The van der Waals surface area contributed by atoms with Gasteiger partial charge in [0.25, 0.3) is 0 Å². The summed E-state index contributed by atoms with van der Waals surface area (Å²) in [4.78, 5) is 11.4. The molecule has 0 bridgehead atoms. The van der Waals surface area contributed by atoms with Crippen molar-refractivity contribution in [1.82, 2.24) is 10.6 Å². The van der Waals surface area contributed by atoms with Crippen molar-refractivity contribution in [1.29, 1.82) is 0 Å². The summed E-state index contributed by atoms with van der Waals surface area (Å²) in [6.07, 6.45) is -3.22. The Morgan fingerprint density at radius 2 is 2.19 bits per heavy atom. The zero-order valence-corrected chi connectivity index (χ0v) is 8.77. The first-order valence-electron chi connectivity index (χ1n) is 5.01. The van der Waals surface area contributed by atoms with Crippen LogP contribution < -0.4 is 10.6 Å². The molecular formula is C9H14F4N2O. The third-order valence-electron chi connectivity index (χ3n) is 2.68. The van der Waals surface area contributed by atoms with Crippen LogP contribution in [0.1, 0.15) is 13.3 Å². The number of alkyl halides is 4. The fourth-order valence-corrected chi connectivity index (χ4v) is 1.63. The molecule has 1 aliphatic heterocycles. The zero-order chi connectivity index (χ0) is 12.3. The van der Waals surface area contributed by atoms with Crippen molar-refractivity contribution in [3.05, 3.63) is 0 Å². The number of hydrogen-bond acceptors (Lipinski definition) is 2. The first kappa shape index (κ1) is 13.2. The second-order valence-electron chi connectivity index (χ2n) is 3.92. The molecule has 94 valence electrons. The third kappa shape index (κ3) is 3.07. The van der Waals surface area contributed by atoms with E-state index >= 15 is 0 Å². The summed E-state index contributed by atoms with van der Waals surface area (Å²) in [5, 5.41) is 4.84. The maximum Gasteiger partial charge on any atom is 0.324 e. The predicted octanol–water partition coefficient (Wildman–Crippen LogP) is 1.00. The van der Waals surface area contributed by atoms with Crippen LogP contribution in [0.3, 0.4) is 0 Å². The smallest absolute Gasteiger partial charge is 0.324 e. The lowest BCUT2D eigenvalue weighted by molar-refractivity contribution is -0.138. The van der Waals surface area contributed by atoms with E-state index in [1.54, 1.807) is 6.92 Å². The molecule has 0 aliphatic carbocycles. The average Bonchev–Trinajstić information content (AvgIpc) is 2.61. The fourth-order valence-electron chi connectivity index (χ4n) is 1.63. The van der Waals surface area contributed by atoms with Crippen LogP contribution in [-0.2, 0) is 4.79 Å². The highest BCUT2D eigenvalue weighted by molar-refractivity contribution is 5.79. The Balaban J connectivity index is 2.41. The van der Waals surface area contributed by atoms with E-state index in [9.17, 15) is 22.4 Å². The first-order valence-corrected chi connectivity index (χ1v) is 5.01. The molecule has 1 rings (SSSR count). The Morgan fingerprint density at radius 1 is 1.56 bits per heavy atom. The average molecular weight is 242 g/mol. The Morgan fingerprint density at radius 3 is 2.62 bits per heavy atom. The summed E-state index contributed by atoms with van der Waals surface area (Å²) in [7, 11) is 0. The Kier molecular flexibility index (Phi) is 4.12. The van der Waals surface area contributed by atoms with E-state index in [-0.39, 0.29) is 6.04 Å². The van der Waals surface area contributed by atoms with E-state index in [1.165, 1.54) is 0 Å². The van der Waals surface area contributed by atoms with Crippen molar-refractivity contribution in [3.8, 4) is 0 Å². The summed E-state index contributed by atoms with van der Waals surface area (Å²) < 4.78 is 48.6. The van der Waals surface area contributed by atoms with Crippen molar-refractivity contribution in [2.24, 2.45) is 5.92 Å². The SMILES string of the molecule is CC1NCCC1C(=O)NCC(F)(F)C(F)F. The first-order chi connectivity index (χ1) is 7.34. The van der Waals surface area contributed by atoms with E-state index in [2.05, 4.69) is 5.32 Å². The van der Waals surface area contributed by atoms with Gasteiger partial charge >= 0.3 is 12.3 Å². The van der Waals surface area contributed by atoms with Crippen LogP contribution in [0.2, 0.25) is 0 Å². The lowest BCUT2D eigenvalue weighted by atomic mass is 10.0. The van der Waals surface area contributed by atoms with Gasteiger partial charge in [0.15, 0.2) is 0 Å². The van der Waals surface area contributed by atoms with Crippen molar-refractivity contribution in [2.45, 2.75) is 31.7 Å². The number of amides is 1. The van der Waals surface area contributed by atoms with E-state index in [4.69, 9.17) is 0 Å². The molecule has 1 fully saturated rings. The normalized spacial score (nSPS) is 26.1. The molecule has 1 heterocycles. The number of rotatable bonds is 4. The van der Waals surface area contributed by atoms with Crippen LogP contribution in [-0.4, -0.2) is 37.4 Å². The van der Waals surface area contributed by atoms with Gasteiger partial charge in [-0.3, -0.25) is 4.79 Å². The lowest BCUT2D eigenvalue weighted by Crippen LogP contribution is -2.45. The summed E-state index contributed by atoms with van der Waals surface area (Å²) in [5.41, 5.74) is 0. The minimum atomic E-state index is -4.16. The van der Waals surface area contributed by atoms with Gasteiger partial charge in [-0.2, -0.15) is 8.78 Å². The molecule has 3 nitrogen and oxygen atoms in total. The van der Waals surface area contributed by atoms with Crippen LogP contribution in [0.5, 0.6) is 0 Å². The Labute approximate surface area is 90.6 Å². The number of nitrogens with one attached hydrogen (secondary N) is 2. The third-order valence-corrected chi connectivity index (χ3v) is 2.68. The molecule has 0 aromatic rings. The van der Waals surface area contributed by atoms with Crippen molar-refractivity contribution < 1.29 is 22.4 Å². The molecule has 0 aromatic heterocycles. The van der Waals surface area contributed by atoms with Crippen LogP contribution >= 0.6 is 0 Å². The van der Waals surface area contributed by atoms with Gasteiger partial charge in [-0.25, -0.2) is 8.78 Å². The van der Waals surface area contributed by atoms with E-state index in [0.29, 0.717) is 13.0 Å². The van der Waals surface area contributed by atoms with Crippen LogP contribution in [0.4, 0.5) is 17.6 Å². The fraction of sp³-hybridized carbons (Fsp3) is 0.889. The molecule has 7 heteroatoms. The second kappa shape index (κ2) is 4.99. The number of carbonyl (C=O) groups excluding carboxylic acids is 1. The Bertz CT molecular complexity index is 260. The van der Waals surface area contributed by atoms with Gasteiger partial charge < -0.3 is 10.6 Å². The minimum absolute atomic E-state index is 0.111. The molecule has 1 saturated heterocycles. The monoisotopic (exact) mass is 242 g/mol. The highest BCUT2D eigenvalue weighted by Crippen LogP contribution is 2.22. The highest BCUT2D eigenvalue weighted by atomic mass is 19.3. The van der Waals surface area contributed by atoms with Gasteiger partial charge in [0.05, 0.1) is 12.5 Å². The van der Waals surface area contributed by atoms with Crippen LogP contribution in [0.25, 0.3) is 0 Å². The van der Waals surface area contributed by atoms with Gasteiger partial charge in [0.1, 0.15) is 0 Å². The van der Waals surface area contributed by atoms with Crippen LogP contribution in [0.15, 0.2) is 0 Å². The standard InChI is InChI=1S/C9H14F4N2O/c1-5-6(2-3-14-5)7(16)15-4-9(12,13)8(10)11/h5-6,8,14H,2-4H2,1H3,(H,15,16). The molecule has 2 N–H and O–H groups in total. The summed E-state index contributed by atoms with van der Waals surface area (Å²) in [5.74, 6) is -5.18. The summed E-state index contributed by atoms with van der Waals surface area (Å²) in [6.45, 7) is 1.07. The van der Waals surface area contributed by atoms with Gasteiger partial charge in [-0.15, -0.1) is 0 Å². The van der Waals surface area contributed by atoms with Gasteiger partial charge in [-0.1, -0.05) is 0 Å².